The third-order valence-corrected chi connectivity index (χ3v) is 12.1. The van der Waals surface area contributed by atoms with Crippen LogP contribution in [0.15, 0.2) is 121 Å². The van der Waals surface area contributed by atoms with Gasteiger partial charge < -0.3 is 46.5 Å². The van der Waals surface area contributed by atoms with E-state index in [1.165, 1.54) is 0 Å². The summed E-state index contributed by atoms with van der Waals surface area (Å²) in [5.41, 5.74) is 0.566. The molecule has 15 nitrogen and oxygen atoms in total. The van der Waals surface area contributed by atoms with Gasteiger partial charge in [-0.05, 0) is 107 Å². The Kier molecular flexibility index (Phi) is 25.5. The Morgan fingerprint density at radius 3 is 1.68 bits per heavy atom. The van der Waals surface area contributed by atoms with Gasteiger partial charge in [-0.2, -0.15) is 0 Å². The Balaban J connectivity index is 1.35. The molecule has 396 valence electrons. The summed E-state index contributed by atoms with van der Waals surface area (Å²) in [5.74, 6) is -1.87. The molecule has 0 aromatic heterocycles. The van der Waals surface area contributed by atoms with Crippen LogP contribution in [0.4, 0.5) is 9.59 Å². The smallest absolute Gasteiger partial charge is 0.408 e. The largest absolute Gasteiger partial charge is 0.445 e. The third kappa shape index (κ3) is 23.1. The Morgan fingerprint density at radius 1 is 0.562 bits per heavy atom. The zero-order chi connectivity index (χ0) is 52.9. The van der Waals surface area contributed by atoms with Gasteiger partial charge in [-0.25, -0.2) is 9.59 Å². The minimum Gasteiger partial charge on any atom is -0.445 e. The van der Waals surface area contributed by atoms with Gasteiger partial charge in [0.25, 0.3) is 0 Å². The predicted octanol–water partition coefficient (Wildman–Crippen LogP) is 8.02. The Hall–Kier alpha value is -6.74. The lowest BCUT2D eigenvalue weighted by Gasteiger charge is -2.39. The summed E-state index contributed by atoms with van der Waals surface area (Å²) in [5, 5.41) is 29.5. The predicted molar refractivity (Wildman–Crippen MR) is 284 cm³/mol. The monoisotopic (exact) mass is 1000 g/mol. The second-order valence-corrected chi connectivity index (χ2v) is 20.1. The Morgan fingerprint density at radius 2 is 1.10 bits per heavy atom. The molecule has 0 aliphatic rings. The quantitative estimate of drug-likeness (QED) is 0.0243. The number of alkyl carbamates (subject to hydrolysis) is 2. The van der Waals surface area contributed by atoms with Crippen molar-refractivity contribution in [3.63, 3.8) is 0 Å². The first-order chi connectivity index (χ1) is 35.0. The summed E-state index contributed by atoms with van der Waals surface area (Å²) in [6, 6.07) is 35.5. The van der Waals surface area contributed by atoms with Crippen molar-refractivity contribution >= 4 is 35.8 Å². The average Bonchev–Trinajstić information content (AvgIpc) is 3.36. The van der Waals surface area contributed by atoms with Crippen LogP contribution < -0.4 is 31.9 Å². The van der Waals surface area contributed by atoms with Crippen molar-refractivity contribution in [3.05, 3.63) is 144 Å². The van der Waals surface area contributed by atoms with Gasteiger partial charge in [0.05, 0.1) is 6.10 Å². The first-order valence-electron chi connectivity index (χ1n) is 25.9. The number of carbonyl (C=O) groups is 6. The minimum absolute atomic E-state index is 0.0359. The zero-order valence-electron chi connectivity index (χ0n) is 43.6. The fraction of sp³-hybridized carbons (Fsp3) is 0.483. The lowest BCUT2D eigenvalue weighted by atomic mass is 9.81. The lowest BCUT2D eigenvalue weighted by Crippen LogP contribution is -2.69. The van der Waals surface area contributed by atoms with Crippen molar-refractivity contribution in [2.45, 2.75) is 154 Å². The van der Waals surface area contributed by atoms with E-state index in [0.717, 1.165) is 36.0 Å². The Bertz CT molecular complexity index is 2260. The molecule has 15 heteroatoms. The highest BCUT2D eigenvalue weighted by atomic mass is 16.6. The summed E-state index contributed by atoms with van der Waals surface area (Å²) in [6.07, 6.45) is 3.44. The molecule has 1 unspecified atom stereocenters. The molecular formula is C58H80N6O9. The molecular weight excluding hydrogens is 925 g/mol. The van der Waals surface area contributed by atoms with Crippen LogP contribution in [0.5, 0.6) is 0 Å². The summed E-state index contributed by atoms with van der Waals surface area (Å²) in [6.45, 7) is 10.5. The zero-order valence-corrected chi connectivity index (χ0v) is 43.6. The van der Waals surface area contributed by atoms with E-state index in [-0.39, 0.29) is 44.1 Å². The van der Waals surface area contributed by atoms with Gasteiger partial charge in [0.15, 0.2) is 5.54 Å². The number of unbranched alkanes of at least 4 members (excludes halogenated alkanes) is 4. The molecule has 4 rings (SSSR count). The molecule has 0 bridgehead atoms. The van der Waals surface area contributed by atoms with Crippen LogP contribution >= 0.6 is 0 Å². The molecule has 0 saturated carbocycles. The van der Waals surface area contributed by atoms with Crippen molar-refractivity contribution in [2.75, 3.05) is 19.6 Å². The molecule has 0 radical (unpaired) electrons. The van der Waals surface area contributed by atoms with Crippen LogP contribution in [0, 0.1) is 5.92 Å². The van der Waals surface area contributed by atoms with Gasteiger partial charge in [-0.3, -0.25) is 19.2 Å². The molecule has 4 aromatic carbocycles. The summed E-state index contributed by atoms with van der Waals surface area (Å²) in [7, 11) is 0. The van der Waals surface area contributed by atoms with Crippen molar-refractivity contribution in [1.29, 1.82) is 0 Å². The van der Waals surface area contributed by atoms with Crippen LogP contribution in [0.25, 0.3) is 0 Å². The summed E-state index contributed by atoms with van der Waals surface area (Å²) >= 11 is 0. The number of nitrogens with one attached hydrogen (secondary N) is 6. The van der Waals surface area contributed by atoms with Crippen LogP contribution in [0.2, 0.25) is 0 Å². The van der Waals surface area contributed by atoms with Gasteiger partial charge in [0.1, 0.15) is 24.3 Å². The maximum Gasteiger partial charge on any atom is 0.408 e. The third-order valence-electron chi connectivity index (χ3n) is 12.1. The number of aliphatic hydroxyl groups excluding tert-OH is 1. The first kappa shape index (κ1) is 58.8. The van der Waals surface area contributed by atoms with Gasteiger partial charge >= 0.3 is 12.2 Å². The minimum atomic E-state index is -1.97. The second kappa shape index (κ2) is 31.7. The molecule has 0 aliphatic heterocycles. The number of hydrogen-bond acceptors (Lipinski definition) is 9. The molecule has 73 heavy (non-hydrogen) atoms. The standard InChI is InChI=1S/C58H80N6O9/c1-43(2)39-48(63-54(69)58(41-46-29-16-8-17-30-46,64-56(71)73-57(3,4)5)50(65)34-24-33-44-25-12-6-13-26-44)53(68)62-49(40-45-27-14-7-15-28-45)52(67)60-37-23-11-22-36-59-51(66)35-20-10-21-38-61-55(70)72-42-47-31-18-9-19-32-47/h6-9,12-19,25-32,43,48-50,65H,10-11,20-24,33-42H2,1-5H3,(H,59,66)(H,60,67)(H,61,70)(H,62,68)(H,63,69)(H,64,71)/t48-,49?,50+,58-/m0/s1. The van der Waals surface area contributed by atoms with Crippen molar-refractivity contribution in [2.24, 2.45) is 5.92 Å². The molecule has 0 fully saturated rings. The normalized spacial score (nSPS) is 13.3. The highest BCUT2D eigenvalue weighted by molar-refractivity contribution is 5.96. The fourth-order valence-corrected chi connectivity index (χ4v) is 8.28. The molecule has 4 atom stereocenters. The molecule has 0 spiro atoms. The van der Waals surface area contributed by atoms with Gasteiger partial charge in [-0.1, -0.05) is 142 Å². The highest BCUT2D eigenvalue weighted by Crippen LogP contribution is 2.25. The number of amides is 6. The van der Waals surface area contributed by atoms with E-state index in [0.29, 0.717) is 63.7 Å². The van der Waals surface area contributed by atoms with Crippen LogP contribution in [-0.4, -0.2) is 89.9 Å². The van der Waals surface area contributed by atoms with E-state index in [4.69, 9.17) is 9.47 Å². The fourth-order valence-electron chi connectivity index (χ4n) is 8.28. The van der Waals surface area contributed by atoms with Crippen LogP contribution in [0.1, 0.15) is 121 Å². The van der Waals surface area contributed by atoms with E-state index in [1.54, 1.807) is 32.9 Å². The van der Waals surface area contributed by atoms with E-state index in [1.807, 2.05) is 123 Å². The summed E-state index contributed by atoms with van der Waals surface area (Å²) in [4.78, 5) is 81.5. The summed E-state index contributed by atoms with van der Waals surface area (Å²) < 4.78 is 10.9. The number of aliphatic hydroxyl groups is 1. The number of benzene rings is 4. The van der Waals surface area contributed by atoms with Crippen molar-refractivity contribution in [3.8, 4) is 0 Å². The number of carbonyl (C=O) groups excluding carboxylic acids is 6. The molecule has 7 N–H and O–H groups in total. The molecule has 0 aliphatic carbocycles. The van der Waals surface area contributed by atoms with Crippen molar-refractivity contribution in [1.82, 2.24) is 31.9 Å². The van der Waals surface area contributed by atoms with Crippen molar-refractivity contribution < 1.29 is 43.3 Å². The number of hydrogen-bond donors (Lipinski definition) is 7. The number of aryl methyl sites for hydroxylation is 1. The average molecular weight is 1010 g/mol. The molecule has 6 amide bonds. The maximum atomic E-state index is 15.0. The molecule has 4 aromatic rings. The highest BCUT2D eigenvalue weighted by Gasteiger charge is 2.48. The first-order valence-corrected chi connectivity index (χ1v) is 25.9. The second-order valence-electron chi connectivity index (χ2n) is 20.1. The number of ether oxygens (including phenoxy) is 2. The maximum absolute atomic E-state index is 15.0. The van der Waals surface area contributed by atoms with Crippen LogP contribution in [0.3, 0.4) is 0 Å². The SMILES string of the molecule is CC(C)C[C@H](NC(=O)[C@@](Cc1ccccc1)(NC(=O)OC(C)(C)C)[C@H](O)CCCc1ccccc1)C(=O)NC(Cc1ccccc1)C(=O)NCCCCCNC(=O)CCCCCNC(=O)OCc1ccccc1. The molecule has 0 saturated heterocycles. The van der Waals surface area contributed by atoms with E-state index in [2.05, 4.69) is 31.9 Å². The van der Waals surface area contributed by atoms with Gasteiger partial charge in [0.2, 0.25) is 23.6 Å². The van der Waals surface area contributed by atoms with E-state index in [9.17, 15) is 29.1 Å². The van der Waals surface area contributed by atoms with E-state index < -0.39 is 59.2 Å². The van der Waals surface area contributed by atoms with Gasteiger partial charge in [0, 0.05) is 38.9 Å². The molecule has 0 heterocycles. The van der Waals surface area contributed by atoms with Crippen LogP contribution in [-0.2, 0) is 54.5 Å². The Labute approximate surface area is 432 Å². The number of rotatable bonds is 31. The lowest BCUT2D eigenvalue weighted by molar-refractivity contribution is -0.138. The van der Waals surface area contributed by atoms with Gasteiger partial charge in [-0.15, -0.1) is 0 Å². The topological polar surface area (TPSA) is 213 Å². The van der Waals surface area contributed by atoms with E-state index >= 15 is 4.79 Å².